The Hall–Kier alpha value is -8.20. The van der Waals surface area contributed by atoms with Crippen LogP contribution in [0.15, 0.2) is 84.9 Å². The zero-order chi connectivity index (χ0) is 35.1. The summed E-state index contributed by atoms with van der Waals surface area (Å²) in [6, 6.07) is 32.9. The summed E-state index contributed by atoms with van der Waals surface area (Å²) >= 11 is 0. The van der Waals surface area contributed by atoms with Crippen molar-refractivity contribution in [2.75, 3.05) is 0 Å². The van der Waals surface area contributed by atoms with E-state index in [0.717, 1.165) is 16.6 Å². The second-order valence-corrected chi connectivity index (χ2v) is 11.4. The maximum atomic E-state index is 10.7. The van der Waals surface area contributed by atoms with Crippen LogP contribution in [-0.4, -0.2) is 14.0 Å². The lowest BCUT2D eigenvalue weighted by atomic mass is 9.77. The fraction of sp³-hybridized carbons (Fsp3) is 0.0500. The molecule has 0 aliphatic carbocycles. The van der Waals surface area contributed by atoms with Crippen molar-refractivity contribution in [2.45, 2.75) is 12.8 Å². The Labute approximate surface area is 285 Å². The lowest BCUT2D eigenvalue weighted by molar-refractivity contribution is 0.961. The fourth-order valence-electron chi connectivity index (χ4n) is 6.73. The average Bonchev–Trinajstić information content (AvgIpc) is 3.69. The number of para-hydroxylation sites is 4. The number of aryl methyl sites for hydroxylation is 1. The minimum absolute atomic E-state index is 0.00502. The Kier molecular flexibility index (Phi) is 7.23. The minimum Gasteiger partial charge on any atom is -0.287 e. The van der Waals surface area contributed by atoms with Gasteiger partial charge in [-0.3, -0.25) is 8.97 Å². The SMILES string of the molecule is [C-]#[N+]c1cc(C#N)c(C(c2cc(C#N)c(-n3c4ccccc4n4c5ccccc5nc34)c([N+]#[C-])c2)c2c(C#N)cc(C)cc2[N+]#[C-])c(C#N)c1. The number of hydrogen-bond donors (Lipinski definition) is 0. The van der Waals surface area contributed by atoms with Crippen LogP contribution in [0.1, 0.15) is 50.4 Å². The third kappa shape index (κ3) is 4.47. The van der Waals surface area contributed by atoms with Crippen LogP contribution >= 0.6 is 0 Å². The van der Waals surface area contributed by atoms with Crippen LogP contribution in [0.5, 0.6) is 0 Å². The summed E-state index contributed by atoms with van der Waals surface area (Å²) < 4.78 is 3.75. The van der Waals surface area contributed by atoms with Crippen molar-refractivity contribution in [3.05, 3.63) is 164 Å². The molecule has 0 aliphatic rings. The number of hydrogen-bond acceptors (Lipinski definition) is 5. The van der Waals surface area contributed by atoms with Crippen molar-refractivity contribution in [3.63, 3.8) is 0 Å². The highest BCUT2D eigenvalue weighted by Gasteiger charge is 2.31. The van der Waals surface area contributed by atoms with Gasteiger partial charge >= 0.3 is 0 Å². The first-order valence-corrected chi connectivity index (χ1v) is 15.0. The molecule has 0 spiro atoms. The van der Waals surface area contributed by atoms with Crippen LogP contribution in [0.25, 0.3) is 48.1 Å². The van der Waals surface area contributed by atoms with Gasteiger partial charge in [0.15, 0.2) is 11.4 Å². The first-order chi connectivity index (χ1) is 24.4. The van der Waals surface area contributed by atoms with E-state index in [1.54, 1.807) is 35.8 Å². The van der Waals surface area contributed by atoms with Crippen molar-refractivity contribution >= 4 is 44.9 Å². The highest BCUT2D eigenvalue weighted by Crippen LogP contribution is 2.46. The van der Waals surface area contributed by atoms with Crippen molar-refractivity contribution in [1.82, 2.24) is 14.0 Å². The predicted octanol–water partition coefficient (Wildman–Crippen LogP) is 9.06. The van der Waals surface area contributed by atoms with E-state index in [2.05, 4.69) is 38.8 Å². The summed E-state index contributed by atoms with van der Waals surface area (Å²) in [5, 5.41) is 41.7. The van der Waals surface area contributed by atoms with Crippen LogP contribution in [-0.2, 0) is 0 Å². The lowest BCUT2D eigenvalue weighted by Gasteiger charge is -2.25. The van der Waals surface area contributed by atoms with Crippen LogP contribution < -0.4 is 0 Å². The zero-order valence-electron chi connectivity index (χ0n) is 26.1. The summed E-state index contributed by atoms with van der Waals surface area (Å²) in [4.78, 5) is 15.9. The van der Waals surface area contributed by atoms with Crippen LogP contribution in [0, 0.1) is 72.0 Å². The second-order valence-electron chi connectivity index (χ2n) is 11.4. The molecule has 0 radical (unpaired) electrons. The van der Waals surface area contributed by atoms with Crippen molar-refractivity contribution in [1.29, 1.82) is 21.0 Å². The van der Waals surface area contributed by atoms with Crippen LogP contribution in [0.2, 0.25) is 0 Å². The van der Waals surface area contributed by atoms with Crippen LogP contribution in [0.4, 0.5) is 17.1 Å². The average molecular weight is 639 g/mol. The Morgan fingerprint density at radius 2 is 1.24 bits per heavy atom. The molecular weight excluding hydrogens is 621 g/mol. The fourth-order valence-corrected chi connectivity index (χ4v) is 6.73. The van der Waals surface area contributed by atoms with Crippen molar-refractivity contribution < 1.29 is 0 Å². The van der Waals surface area contributed by atoms with Crippen LogP contribution in [0.3, 0.4) is 0 Å². The summed E-state index contributed by atoms with van der Waals surface area (Å²) in [5.41, 5.74) is 5.21. The van der Waals surface area contributed by atoms with E-state index >= 15 is 0 Å². The molecule has 0 N–H and O–H groups in total. The molecule has 5 aromatic carbocycles. The molecule has 2 aromatic heterocycles. The number of aromatic nitrogens is 3. The Morgan fingerprint density at radius 3 is 1.86 bits per heavy atom. The molecule has 2 heterocycles. The quantitative estimate of drug-likeness (QED) is 0.140. The van der Waals surface area contributed by atoms with E-state index < -0.39 is 5.92 Å². The lowest BCUT2D eigenvalue weighted by Crippen LogP contribution is -2.12. The highest BCUT2D eigenvalue weighted by atomic mass is 15.2. The number of nitrogens with zero attached hydrogens (tertiary/aromatic N) is 10. The molecule has 1 unspecified atom stereocenters. The molecule has 7 rings (SSSR count). The van der Waals surface area contributed by atoms with E-state index in [1.807, 2.05) is 52.9 Å². The van der Waals surface area contributed by atoms with E-state index in [0.29, 0.717) is 22.4 Å². The molecule has 0 saturated carbocycles. The van der Waals surface area contributed by atoms with Gasteiger partial charge in [-0.05, 0) is 72.1 Å². The molecule has 50 heavy (non-hydrogen) atoms. The first kappa shape index (κ1) is 30.5. The zero-order valence-corrected chi connectivity index (χ0v) is 26.1. The normalized spacial score (nSPS) is 11.1. The molecule has 0 fully saturated rings. The van der Waals surface area contributed by atoms with Gasteiger partial charge in [0.25, 0.3) is 0 Å². The maximum absolute atomic E-state index is 10.7. The summed E-state index contributed by atoms with van der Waals surface area (Å²) in [5.74, 6) is -0.623. The predicted molar refractivity (Wildman–Crippen MR) is 186 cm³/mol. The van der Waals surface area contributed by atoms with Gasteiger partial charge in [-0.1, -0.05) is 42.0 Å². The van der Waals surface area contributed by atoms with Gasteiger partial charge in [-0.15, -0.1) is 0 Å². The largest absolute Gasteiger partial charge is 0.287 e. The summed E-state index contributed by atoms with van der Waals surface area (Å²) in [6.45, 7) is 25.7. The van der Waals surface area contributed by atoms with Gasteiger partial charge < -0.3 is 0 Å². The van der Waals surface area contributed by atoms with Crippen molar-refractivity contribution in [2.24, 2.45) is 0 Å². The molecule has 10 heteroatoms. The standard InChI is InChI=1S/C40H18N10/c1-23-13-25(19-41)37(31(14-23)46-3)38(36-26(20-42)16-29(45-2)17-27(36)21-43)24-15-28(22-44)39(32(18-24)47-4)50-35-12-8-7-11-34(35)49-33-10-6-5-9-30(33)48-40(49)50/h5-18,38H,1H3. The highest BCUT2D eigenvalue weighted by molar-refractivity contribution is 5.94. The Balaban J connectivity index is 1.63. The summed E-state index contributed by atoms with van der Waals surface area (Å²) in [6.07, 6.45) is 0. The van der Waals surface area contributed by atoms with Gasteiger partial charge in [-0.25, -0.2) is 19.5 Å². The molecule has 10 nitrogen and oxygen atoms in total. The molecule has 0 aliphatic heterocycles. The maximum Gasteiger partial charge on any atom is 0.219 e. The van der Waals surface area contributed by atoms with Crippen molar-refractivity contribution in [3.8, 4) is 30.0 Å². The Bertz CT molecular complexity index is 2820. The smallest absolute Gasteiger partial charge is 0.219 e. The molecule has 0 bridgehead atoms. The van der Waals surface area contributed by atoms with Gasteiger partial charge in [-0.2, -0.15) is 21.0 Å². The van der Waals surface area contributed by atoms with Gasteiger partial charge in [0.05, 0.1) is 77.3 Å². The molecule has 7 aromatic rings. The second kappa shape index (κ2) is 11.9. The third-order valence-corrected chi connectivity index (χ3v) is 8.67. The number of fused-ring (bicyclic) bond motifs is 5. The van der Waals surface area contributed by atoms with E-state index in [4.69, 9.17) is 24.7 Å². The topological polar surface area (TPSA) is 130 Å². The summed E-state index contributed by atoms with van der Waals surface area (Å²) in [7, 11) is 0. The minimum atomic E-state index is -1.12. The van der Waals surface area contributed by atoms with Gasteiger partial charge in [0.1, 0.15) is 0 Å². The monoisotopic (exact) mass is 638 g/mol. The molecule has 1 atom stereocenters. The first-order valence-electron chi connectivity index (χ1n) is 15.0. The molecular formula is C40H18N10. The number of imidazole rings is 2. The molecule has 0 saturated heterocycles. The Morgan fingerprint density at radius 1 is 0.640 bits per heavy atom. The molecule has 0 amide bonds. The van der Waals surface area contributed by atoms with E-state index in [-0.39, 0.29) is 56.1 Å². The van der Waals surface area contributed by atoms with E-state index in [9.17, 15) is 21.0 Å². The van der Waals surface area contributed by atoms with Gasteiger partial charge in [0, 0.05) is 22.6 Å². The van der Waals surface area contributed by atoms with Gasteiger partial charge in [0.2, 0.25) is 11.5 Å². The number of benzene rings is 5. The number of nitriles is 4. The molecule has 228 valence electrons. The van der Waals surface area contributed by atoms with E-state index in [1.165, 1.54) is 12.1 Å². The third-order valence-electron chi connectivity index (χ3n) is 8.67. The number of rotatable bonds is 4.